The van der Waals surface area contributed by atoms with Crippen LogP contribution in [-0.2, 0) is 9.53 Å². The van der Waals surface area contributed by atoms with Crippen LogP contribution in [0.1, 0.15) is 19.3 Å². The number of amides is 1. The second-order valence-corrected chi connectivity index (χ2v) is 4.41. The van der Waals surface area contributed by atoms with Crippen molar-refractivity contribution in [2.75, 3.05) is 39.4 Å². The Kier molecular flexibility index (Phi) is 3.97. The first-order valence-corrected chi connectivity index (χ1v) is 5.92. The molecular weight excluding hydrogens is 192 g/mol. The van der Waals surface area contributed by atoms with Crippen LogP contribution in [0.15, 0.2) is 0 Å². The van der Waals surface area contributed by atoms with Crippen LogP contribution in [0, 0.1) is 5.92 Å². The number of carbonyl (C=O) groups is 1. The number of carbonyl (C=O) groups excluding carboxylic acids is 1. The van der Waals surface area contributed by atoms with Gasteiger partial charge in [-0.15, -0.1) is 0 Å². The molecule has 0 spiro atoms. The number of nitrogens with one attached hydrogen (secondary N) is 1. The van der Waals surface area contributed by atoms with Gasteiger partial charge in [0.2, 0.25) is 5.91 Å². The molecular formula is C11H20N2O2. The molecule has 4 nitrogen and oxygen atoms in total. The van der Waals surface area contributed by atoms with Crippen LogP contribution < -0.4 is 5.32 Å². The van der Waals surface area contributed by atoms with Crippen molar-refractivity contribution in [3.8, 4) is 0 Å². The van der Waals surface area contributed by atoms with Crippen LogP contribution in [0.5, 0.6) is 0 Å². The van der Waals surface area contributed by atoms with Gasteiger partial charge in [-0.2, -0.15) is 0 Å². The van der Waals surface area contributed by atoms with E-state index in [4.69, 9.17) is 4.74 Å². The van der Waals surface area contributed by atoms with Crippen molar-refractivity contribution < 1.29 is 9.53 Å². The first-order chi connectivity index (χ1) is 7.36. The third kappa shape index (κ3) is 3.18. The Morgan fingerprint density at radius 1 is 1.40 bits per heavy atom. The third-order valence-corrected chi connectivity index (χ3v) is 3.23. The Morgan fingerprint density at radius 3 is 2.87 bits per heavy atom. The molecule has 1 amide bonds. The largest absolute Gasteiger partial charge is 0.378 e. The highest BCUT2D eigenvalue weighted by molar-refractivity contribution is 5.76. The van der Waals surface area contributed by atoms with E-state index in [2.05, 4.69) is 5.32 Å². The molecule has 0 aliphatic carbocycles. The predicted octanol–water partition coefficient (Wildman–Crippen LogP) is 0.235. The lowest BCUT2D eigenvalue weighted by Gasteiger charge is -2.29. The first-order valence-electron chi connectivity index (χ1n) is 5.92. The molecule has 15 heavy (non-hydrogen) atoms. The summed E-state index contributed by atoms with van der Waals surface area (Å²) in [4.78, 5) is 13.9. The zero-order valence-corrected chi connectivity index (χ0v) is 9.21. The van der Waals surface area contributed by atoms with Gasteiger partial charge in [0.1, 0.15) is 0 Å². The van der Waals surface area contributed by atoms with Crippen molar-refractivity contribution in [3.63, 3.8) is 0 Å². The van der Waals surface area contributed by atoms with Crippen LogP contribution in [0.25, 0.3) is 0 Å². The van der Waals surface area contributed by atoms with Gasteiger partial charge in [-0.3, -0.25) is 4.79 Å². The Morgan fingerprint density at radius 2 is 2.20 bits per heavy atom. The van der Waals surface area contributed by atoms with E-state index >= 15 is 0 Å². The molecule has 0 bridgehead atoms. The monoisotopic (exact) mass is 212 g/mol. The SMILES string of the molecule is O=C(CC1CCCNC1)N1CCOCC1. The van der Waals surface area contributed by atoms with Gasteiger partial charge >= 0.3 is 0 Å². The fourth-order valence-electron chi connectivity index (χ4n) is 2.29. The minimum absolute atomic E-state index is 0.312. The predicted molar refractivity (Wildman–Crippen MR) is 57.6 cm³/mol. The fraction of sp³-hybridized carbons (Fsp3) is 0.909. The summed E-state index contributed by atoms with van der Waals surface area (Å²) in [5.74, 6) is 0.862. The van der Waals surface area contributed by atoms with E-state index in [0.29, 0.717) is 31.5 Å². The molecule has 1 unspecified atom stereocenters. The first kappa shape index (κ1) is 10.9. The number of piperidine rings is 1. The average Bonchev–Trinajstić information content (AvgIpc) is 2.31. The third-order valence-electron chi connectivity index (χ3n) is 3.23. The van der Waals surface area contributed by atoms with Crippen molar-refractivity contribution in [2.24, 2.45) is 5.92 Å². The molecule has 0 aromatic rings. The molecule has 2 aliphatic rings. The standard InChI is InChI=1S/C11H20N2O2/c14-11(13-4-6-15-7-5-13)8-10-2-1-3-12-9-10/h10,12H,1-9H2. The van der Waals surface area contributed by atoms with Gasteiger partial charge in [-0.25, -0.2) is 0 Å². The summed E-state index contributed by atoms with van der Waals surface area (Å²) in [6.07, 6.45) is 3.12. The number of hydrogen-bond acceptors (Lipinski definition) is 3. The summed E-state index contributed by atoms with van der Waals surface area (Å²) in [7, 11) is 0. The smallest absolute Gasteiger partial charge is 0.223 e. The maximum Gasteiger partial charge on any atom is 0.223 e. The Balaban J connectivity index is 1.74. The number of rotatable bonds is 2. The molecule has 86 valence electrons. The summed E-state index contributed by atoms with van der Waals surface area (Å²) in [5.41, 5.74) is 0. The maximum atomic E-state index is 11.9. The van der Waals surface area contributed by atoms with E-state index in [-0.39, 0.29) is 0 Å². The molecule has 2 heterocycles. The second-order valence-electron chi connectivity index (χ2n) is 4.41. The summed E-state index contributed by atoms with van der Waals surface area (Å²) in [6, 6.07) is 0. The number of morpholine rings is 1. The summed E-state index contributed by atoms with van der Waals surface area (Å²) in [6.45, 7) is 5.08. The average molecular weight is 212 g/mol. The lowest BCUT2D eigenvalue weighted by molar-refractivity contribution is -0.136. The number of ether oxygens (including phenoxy) is 1. The molecule has 1 atom stereocenters. The highest BCUT2D eigenvalue weighted by Gasteiger charge is 2.21. The van der Waals surface area contributed by atoms with Crippen LogP contribution in [0.4, 0.5) is 0 Å². The van der Waals surface area contributed by atoms with Crippen LogP contribution in [0.3, 0.4) is 0 Å². The van der Waals surface area contributed by atoms with E-state index in [1.807, 2.05) is 4.90 Å². The zero-order chi connectivity index (χ0) is 10.5. The number of nitrogens with zero attached hydrogens (tertiary/aromatic N) is 1. The summed E-state index contributed by atoms with van der Waals surface area (Å²) < 4.78 is 5.23. The summed E-state index contributed by atoms with van der Waals surface area (Å²) >= 11 is 0. The Labute approximate surface area is 91.0 Å². The molecule has 1 N–H and O–H groups in total. The number of hydrogen-bond donors (Lipinski definition) is 1. The van der Waals surface area contributed by atoms with E-state index < -0.39 is 0 Å². The molecule has 2 rings (SSSR count). The fourth-order valence-corrected chi connectivity index (χ4v) is 2.29. The Bertz CT molecular complexity index is 209. The van der Waals surface area contributed by atoms with E-state index in [0.717, 1.165) is 26.2 Å². The quantitative estimate of drug-likeness (QED) is 0.712. The molecule has 2 fully saturated rings. The van der Waals surface area contributed by atoms with Gasteiger partial charge < -0.3 is 15.0 Å². The Hall–Kier alpha value is -0.610. The molecule has 0 radical (unpaired) electrons. The topological polar surface area (TPSA) is 41.6 Å². The van der Waals surface area contributed by atoms with Crippen LogP contribution in [0.2, 0.25) is 0 Å². The molecule has 2 aliphatic heterocycles. The molecule has 0 saturated carbocycles. The minimum atomic E-state index is 0.312. The molecule has 0 aromatic heterocycles. The van der Waals surface area contributed by atoms with Gasteiger partial charge in [0, 0.05) is 19.5 Å². The van der Waals surface area contributed by atoms with Crippen LogP contribution >= 0.6 is 0 Å². The van der Waals surface area contributed by atoms with E-state index in [9.17, 15) is 4.79 Å². The van der Waals surface area contributed by atoms with Crippen molar-refractivity contribution in [1.82, 2.24) is 10.2 Å². The van der Waals surface area contributed by atoms with Gasteiger partial charge in [0.15, 0.2) is 0 Å². The van der Waals surface area contributed by atoms with Gasteiger partial charge in [-0.05, 0) is 31.8 Å². The van der Waals surface area contributed by atoms with E-state index in [1.165, 1.54) is 12.8 Å². The van der Waals surface area contributed by atoms with E-state index in [1.54, 1.807) is 0 Å². The van der Waals surface area contributed by atoms with Crippen LogP contribution in [-0.4, -0.2) is 50.2 Å². The molecule has 2 saturated heterocycles. The van der Waals surface area contributed by atoms with Crippen molar-refractivity contribution in [3.05, 3.63) is 0 Å². The molecule has 4 heteroatoms. The van der Waals surface area contributed by atoms with Gasteiger partial charge in [-0.1, -0.05) is 0 Å². The van der Waals surface area contributed by atoms with Crippen molar-refractivity contribution in [2.45, 2.75) is 19.3 Å². The zero-order valence-electron chi connectivity index (χ0n) is 9.21. The van der Waals surface area contributed by atoms with Gasteiger partial charge in [0.25, 0.3) is 0 Å². The molecule has 0 aromatic carbocycles. The van der Waals surface area contributed by atoms with Gasteiger partial charge in [0.05, 0.1) is 13.2 Å². The lowest BCUT2D eigenvalue weighted by Crippen LogP contribution is -2.42. The minimum Gasteiger partial charge on any atom is -0.378 e. The van der Waals surface area contributed by atoms with Crippen molar-refractivity contribution >= 4 is 5.91 Å². The lowest BCUT2D eigenvalue weighted by atomic mass is 9.95. The second kappa shape index (κ2) is 5.47. The van der Waals surface area contributed by atoms with Crippen molar-refractivity contribution in [1.29, 1.82) is 0 Å². The maximum absolute atomic E-state index is 11.9. The normalized spacial score (nSPS) is 27.7. The highest BCUT2D eigenvalue weighted by atomic mass is 16.5. The summed E-state index contributed by atoms with van der Waals surface area (Å²) in [5, 5.41) is 3.35. The highest BCUT2D eigenvalue weighted by Crippen LogP contribution is 2.15.